The third-order valence-corrected chi connectivity index (χ3v) is 4.56. The molecule has 0 heterocycles. The van der Waals surface area contributed by atoms with Crippen LogP contribution in [0.3, 0.4) is 0 Å². The van der Waals surface area contributed by atoms with E-state index in [0.29, 0.717) is 25.1 Å². The second-order valence-electron chi connectivity index (χ2n) is 6.94. The molecule has 4 N–H and O–H groups in total. The van der Waals surface area contributed by atoms with Crippen LogP contribution in [0.4, 0.5) is 0 Å². The number of amides is 3. The van der Waals surface area contributed by atoms with Crippen LogP contribution in [-0.4, -0.2) is 49.2 Å². The van der Waals surface area contributed by atoms with Gasteiger partial charge in [-0.15, -0.1) is 0 Å². The van der Waals surface area contributed by atoms with E-state index in [0.717, 1.165) is 11.1 Å². The van der Waals surface area contributed by atoms with Gasteiger partial charge < -0.3 is 15.4 Å². The van der Waals surface area contributed by atoms with E-state index in [2.05, 4.69) is 22.5 Å². The zero-order chi connectivity index (χ0) is 23.2. The van der Waals surface area contributed by atoms with Crippen molar-refractivity contribution in [3.8, 4) is 11.8 Å². The Hall–Kier alpha value is -3.67. The molecular weight excluding hydrogens is 410 g/mol. The van der Waals surface area contributed by atoms with Crippen molar-refractivity contribution in [2.75, 3.05) is 20.3 Å². The van der Waals surface area contributed by atoms with Gasteiger partial charge in [0.25, 0.3) is 5.91 Å². The Morgan fingerprint density at radius 2 is 1.78 bits per heavy atom. The van der Waals surface area contributed by atoms with Crippen LogP contribution in [0.1, 0.15) is 34.3 Å². The lowest BCUT2D eigenvalue weighted by atomic mass is 10.1. The highest BCUT2D eigenvalue weighted by Crippen LogP contribution is 2.06. The summed E-state index contributed by atoms with van der Waals surface area (Å²) in [7, 11) is 1.56. The number of rotatable bonds is 10. The maximum absolute atomic E-state index is 12.7. The SMILES string of the molecule is COCC#Cc1ccc(C(=O)NC(CCC(=O)NO)C(=O)NCCc2ccccc2)cc1. The average molecular weight is 437 g/mol. The first-order chi connectivity index (χ1) is 15.5. The molecule has 1 unspecified atom stereocenters. The molecule has 0 aliphatic carbocycles. The second kappa shape index (κ2) is 13.6. The maximum atomic E-state index is 12.7. The quantitative estimate of drug-likeness (QED) is 0.255. The number of ether oxygens (including phenoxy) is 1. The van der Waals surface area contributed by atoms with Crippen molar-refractivity contribution in [3.63, 3.8) is 0 Å². The zero-order valence-electron chi connectivity index (χ0n) is 17.9. The third-order valence-electron chi connectivity index (χ3n) is 4.56. The molecule has 0 aromatic heterocycles. The Kier molecular flexibility index (Phi) is 10.5. The Labute approximate surface area is 187 Å². The molecule has 0 spiro atoms. The number of carbonyl (C=O) groups is 3. The topological polar surface area (TPSA) is 117 Å². The Bertz CT molecular complexity index is 949. The van der Waals surface area contributed by atoms with Crippen molar-refractivity contribution in [1.82, 2.24) is 16.1 Å². The van der Waals surface area contributed by atoms with Gasteiger partial charge in [-0.05, 0) is 42.7 Å². The van der Waals surface area contributed by atoms with E-state index in [4.69, 9.17) is 9.94 Å². The number of hydrogen-bond donors (Lipinski definition) is 4. The van der Waals surface area contributed by atoms with Crippen molar-refractivity contribution in [1.29, 1.82) is 0 Å². The maximum Gasteiger partial charge on any atom is 0.251 e. The second-order valence-corrected chi connectivity index (χ2v) is 6.94. The number of nitrogens with one attached hydrogen (secondary N) is 3. The van der Waals surface area contributed by atoms with Gasteiger partial charge in [-0.25, -0.2) is 5.48 Å². The van der Waals surface area contributed by atoms with E-state index in [1.165, 1.54) is 5.48 Å². The molecule has 0 bridgehead atoms. The fraction of sp³-hybridized carbons (Fsp3) is 0.292. The number of carbonyl (C=O) groups excluding carboxylic acids is 3. The summed E-state index contributed by atoms with van der Waals surface area (Å²) in [6.07, 6.45) is 0.549. The fourth-order valence-electron chi connectivity index (χ4n) is 2.85. The van der Waals surface area contributed by atoms with Crippen LogP contribution in [0.15, 0.2) is 54.6 Å². The lowest BCUT2D eigenvalue weighted by molar-refractivity contribution is -0.129. The first-order valence-corrected chi connectivity index (χ1v) is 10.2. The highest BCUT2D eigenvalue weighted by Gasteiger charge is 2.22. The van der Waals surface area contributed by atoms with Crippen LogP contribution in [0.25, 0.3) is 0 Å². The zero-order valence-corrected chi connectivity index (χ0v) is 17.9. The van der Waals surface area contributed by atoms with Gasteiger partial charge in [0.05, 0.1) is 0 Å². The molecule has 32 heavy (non-hydrogen) atoms. The monoisotopic (exact) mass is 437 g/mol. The van der Waals surface area contributed by atoms with E-state index in [1.807, 2.05) is 30.3 Å². The van der Waals surface area contributed by atoms with Gasteiger partial charge in [-0.2, -0.15) is 0 Å². The average Bonchev–Trinajstić information content (AvgIpc) is 2.82. The predicted molar refractivity (Wildman–Crippen MR) is 119 cm³/mol. The fourth-order valence-corrected chi connectivity index (χ4v) is 2.85. The third kappa shape index (κ3) is 8.60. The highest BCUT2D eigenvalue weighted by atomic mass is 16.5. The molecule has 8 nitrogen and oxygen atoms in total. The van der Waals surface area contributed by atoms with Crippen LogP contribution in [0, 0.1) is 11.8 Å². The van der Waals surface area contributed by atoms with Crippen LogP contribution < -0.4 is 16.1 Å². The molecule has 0 radical (unpaired) electrons. The smallest absolute Gasteiger partial charge is 0.251 e. The van der Waals surface area contributed by atoms with Crippen LogP contribution in [0.2, 0.25) is 0 Å². The number of benzene rings is 2. The summed E-state index contributed by atoms with van der Waals surface area (Å²) in [6, 6.07) is 15.4. The molecule has 0 fully saturated rings. The largest absolute Gasteiger partial charge is 0.372 e. The Morgan fingerprint density at radius 1 is 1.06 bits per heavy atom. The lowest BCUT2D eigenvalue weighted by Gasteiger charge is -2.18. The van der Waals surface area contributed by atoms with Gasteiger partial charge in [-0.1, -0.05) is 42.2 Å². The molecule has 0 saturated heterocycles. The van der Waals surface area contributed by atoms with Crippen LogP contribution >= 0.6 is 0 Å². The molecule has 2 aromatic carbocycles. The summed E-state index contributed by atoms with van der Waals surface area (Å²) in [5, 5.41) is 14.2. The van der Waals surface area contributed by atoms with E-state index in [9.17, 15) is 14.4 Å². The summed E-state index contributed by atoms with van der Waals surface area (Å²) >= 11 is 0. The van der Waals surface area contributed by atoms with Crippen molar-refractivity contribution in [3.05, 3.63) is 71.3 Å². The molecule has 8 heteroatoms. The minimum absolute atomic E-state index is 0.0376. The summed E-state index contributed by atoms with van der Waals surface area (Å²) in [5.74, 6) is 4.25. The summed E-state index contributed by atoms with van der Waals surface area (Å²) in [5.41, 5.74) is 3.69. The summed E-state index contributed by atoms with van der Waals surface area (Å²) < 4.78 is 4.87. The first kappa shape index (κ1) is 24.6. The van der Waals surface area contributed by atoms with Gasteiger partial charge in [0.2, 0.25) is 11.8 Å². The molecule has 0 aliphatic rings. The number of hydrogen-bond acceptors (Lipinski definition) is 5. The summed E-state index contributed by atoms with van der Waals surface area (Å²) in [4.78, 5) is 36.7. The van der Waals surface area contributed by atoms with Crippen molar-refractivity contribution >= 4 is 17.7 Å². The van der Waals surface area contributed by atoms with E-state index in [1.54, 1.807) is 31.4 Å². The Balaban J connectivity index is 1.98. The molecule has 168 valence electrons. The molecule has 1 atom stereocenters. The van der Waals surface area contributed by atoms with Crippen molar-refractivity contribution in [2.24, 2.45) is 0 Å². The lowest BCUT2D eigenvalue weighted by Crippen LogP contribution is -2.47. The molecule has 3 amide bonds. The Morgan fingerprint density at radius 3 is 2.44 bits per heavy atom. The molecular formula is C24H27N3O5. The molecule has 0 saturated carbocycles. The van der Waals surface area contributed by atoms with Crippen LogP contribution in [-0.2, 0) is 20.7 Å². The standard InChI is InChI=1S/C24H27N3O5/c1-32-17-5-8-19-9-11-20(12-10-19)23(29)26-21(13-14-22(28)27-31)24(30)25-16-15-18-6-3-2-4-7-18/h2-4,6-7,9-12,21,31H,13-17H2,1H3,(H,25,30)(H,26,29)(H,27,28). The minimum atomic E-state index is -0.934. The molecule has 0 aliphatic heterocycles. The van der Waals surface area contributed by atoms with E-state index >= 15 is 0 Å². The molecule has 2 rings (SSSR count). The number of methoxy groups -OCH3 is 1. The van der Waals surface area contributed by atoms with E-state index < -0.39 is 23.8 Å². The van der Waals surface area contributed by atoms with Gasteiger partial charge in [0, 0.05) is 31.2 Å². The normalized spacial score (nSPS) is 10.9. The van der Waals surface area contributed by atoms with Crippen molar-refractivity contribution in [2.45, 2.75) is 25.3 Å². The van der Waals surface area contributed by atoms with Gasteiger partial charge in [0.15, 0.2) is 0 Å². The van der Waals surface area contributed by atoms with Crippen LogP contribution in [0.5, 0.6) is 0 Å². The van der Waals surface area contributed by atoms with Gasteiger partial charge in [0.1, 0.15) is 12.6 Å². The van der Waals surface area contributed by atoms with Crippen molar-refractivity contribution < 1.29 is 24.3 Å². The predicted octanol–water partition coefficient (Wildman–Crippen LogP) is 1.43. The minimum Gasteiger partial charge on any atom is -0.372 e. The van der Waals surface area contributed by atoms with Gasteiger partial charge in [-0.3, -0.25) is 19.6 Å². The summed E-state index contributed by atoms with van der Waals surface area (Å²) in [6.45, 7) is 0.695. The van der Waals surface area contributed by atoms with E-state index in [-0.39, 0.29) is 12.8 Å². The molecule has 2 aromatic rings. The highest BCUT2D eigenvalue weighted by molar-refractivity contribution is 5.97. The first-order valence-electron chi connectivity index (χ1n) is 10.2. The van der Waals surface area contributed by atoms with Gasteiger partial charge >= 0.3 is 0 Å². The number of hydroxylamine groups is 1.